The fraction of sp³-hybridized carbons (Fsp3) is 0.316. The first-order valence-corrected chi connectivity index (χ1v) is 7.53. The summed E-state index contributed by atoms with van der Waals surface area (Å²) in [5, 5.41) is 2.34. The maximum atomic E-state index is 2.34. The van der Waals surface area contributed by atoms with E-state index in [9.17, 15) is 0 Å². The van der Waals surface area contributed by atoms with Gasteiger partial charge in [-0.3, -0.25) is 0 Å². The lowest BCUT2D eigenvalue weighted by Gasteiger charge is -2.17. The van der Waals surface area contributed by atoms with Gasteiger partial charge >= 0.3 is 0 Å². The zero-order valence-corrected chi connectivity index (χ0v) is 15.8. The number of hydrogen-bond donors (Lipinski definition) is 0. The summed E-state index contributed by atoms with van der Waals surface area (Å²) in [6, 6.07) is 18.0. The Labute approximate surface area is 150 Å². The summed E-state index contributed by atoms with van der Waals surface area (Å²) >= 11 is 0. The van der Waals surface area contributed by atoms with Crippen molar-refractivity contribution in [3.8, 4) is 0 Å². The molecule has 0 saturated heterocycles. The minimum absolute atomic E-state index is 0. The van der Waals surface area contributed by atoms with Gasteiger partial charge in [-0.15, -0.1) is 4.68 Å². The van der Waals surface area contributed by atoms with Crippen molar-refractivity contribution >= 4 is 5.71 Å². The van der Waals surface area contributed by atoms with Crippen molar-refractivity contribution in [2.45, 2.75) is 26.3 Å². The van der Waals surface area contributed by atoms with Crippen LogP contribution in [0.2, 0.25) is 0 Å². The van der Waals surface area contributed by atoms with Gasteiger partial charge in [-0.1, -0.05) is 48.0 Å². The first-order chi connectivity index (χ1) is 10.1. The molecular weight excluding hydrogens is 383 g/mol. The second-order valence-corrected chi connectivity index (χ2v) is 5.99. The number of benzene rings is 2. The van der Waals surface area contributed by atoms with Gasteiger partial charge < -0.3 is 24.0 Å². The van der Waals surface area contributed by atoms with Crippen molar-refractivity contribution in [2.75, 3.05) is 14.1 Å². The molecule has 3 heteroatoms. The minimum Gasteiger partial charge on any atom is -1.00 e. The lowest BCUT2D eigenvalue weighted by Crippen LogP contribution is -3.00. The molecule has 116 valence electrons. The maximum absolute atomic E-state index is 2.34. The molecule has 1 atom stereocenters. The van der Waals surface area contributed by atoms with Crippen molar-refractivity contribution < 1.29 is 28.7 Å². The van der Waals surface area contributed by atoms with E-state index in [1.807, 2.05) is 0 Å². The Bertz CT molecular complexity index is 689. The van der Waals surface area contributed by atoms with Crippen LogP contribution in [0.1, 0.15) is 34.7 Å². The topological polar surface area (TPSA) is 6.25 Å². The highest BCUT2D eigenvalue weighted by molar-refractivity contribution is 5.99. The van der Waals surface area contributed by atoms with E-state index in [0.29, 0.717) is 6.04 Å². The Morgan fingerprint density at radius 1 is 1.00 bits per heavy atom. The zero-order valence-electron chi connectivity index (χ0n) is 13.7. The molecule has 0 aliphatic carbocycles. The van der Waals surface area contributed by atoms with Gasteiger partial charge in [0, 0.05) is 5.56 Å². The predicted octanol–water partition coefficient (Wildman–Crippen LogP) is 0.731. The van der Waals surface area contributed by atoms with Crippen molar-refractivity contribution in [1.82, 2.24) is 5.01 Å². The highest BCUT2D eigenvalue weighted by Gasteiger charge is 2.36. The second kappa shape index (κ2) is 6.82. The lowest BCUT2D eigenvalue weighted by atomic mass is 9.96. The molecule has 1 aliphatic rings. The number of halogens is 1. The molecule has 2 aromatic carbocycles. The molecule has 1 unspecified atom stereocenters. The van der Waals surface area contributed by atoms with Crippen LogP contribution in [0.4, 0.5) is 0 Å². The Morgan fingerprint density at radius 3 is 2.27 bits per heavy atom. The van der Waals surface area contributed by atoms with Crippen LogP contribution in [0, 0.1) is 13.8 Å². The van der Waals surface area contributed by atoms with Crippen LogP contribution in [0.5, 0.6) is 0 Å². The maximum Gasteiger partial charge on any atom is 0.215 e. The molecule has 0 fully saturated rings. The standard InChI is InChI=1S/C19H23N2.HI/c1-14-9-11-16(12-10-14)18-13-19(21(4)20(18)3)17-8-6-5-7-15(17)2;/h5-12,18H,13H2,1-4H3;1H/q+1;/p-1. The number of hydrogen-bond acceptors (Lipinski definition) is 1. The first-order valence-electron chi connectivity index (χ1n) is 7.53. The van der Waals surface area contributed by atoms with Crippen molar-refractivity contribution in [3.63, 3.8) is 0 Å². The van der Waals surface area contributed by atoms with Gasteiger partial charge in [0.05, 0.1) is 13.5 Å². The third-order valence-corrected chi connectivity index (χ3v) is 4.62. The van der Waals surface area contributed by atoms with Gasteiger partial charge in [0.1, 0.15) is 6.04 Å². The summed E-state index contributed by atoms with van der Waals surface area (Å²) in [7, 11) is 4.34. The monoisotopic (exact) mass is 406 g/mol. The van der Waals surface area contributed by atoms with Crippen LogP contribution in [0.15, 0.2) is 48.5 Å². The van der Waals surface area contributed by atoms with Gasteiger partial charge in [-0.05, 0) is 31.0 Å². The van der Waals surface area contributed by atoms with E-state index >= 15 is 0 Å². The van der Waals surface area contributed by atoms with Crippen LogP contribution < -0.4 is 24.0 Å². The summed E-state index contributed by atoms with van der Waals surface area (Å²) in [5.74, 6) is 0. The molecule has 2 aromatic rings. The molecule has 0 aromatic heterocycles. The van der Waals surface area contributed by atoms with E-state index in [-0.39, 0.29) is 24.0 Å². The molecule has 0 saturated carbocycles. The fourth-order valence-electron chi connectivity index (χ4n) is 3.15. The minimum atomic E-state index is 0. The Balaban J connectivity index is 0.00000176. The predicted molar refractivity (Wildman–Crippen MR) is 87.8 cm³/mol. The summed E-state index contributed by atoms with van der Waals surface area (Å²) in [4.78, 5) is 0. The van der Waals surface area contributed by atoms with Crippen LogP contribution in [-0.4, -0.2) is 29.5 Å². The van der Waals surface area contributed by atoms with Gasteiger partial charge in [-0.2, -0.15) is 5.01 Å². The molecule has 2 nitrogen and oxygen atoms in total. The number of hydrazone groups is 1. The molecule has 22 heavy (non-hydrogen) atoms. The summed E-state index contributed by atoms with van der Waals surface area (Å²) in [5.41, 5.74) is 6.81. The fourth-order valence-corrected chi connectivity index (χ4v) is 3.15. The van der Waals surface area contributed by atoms with Crippen molar-refractivity contribution in [1.29, 1.82) is 0 Å². The van der Waals surface area contributed by atoms with Crippen LogP contribution in [0.25, 0.3) is 0 Å². The molecule has 3 rings (SSSR count). The number of hydrazine groups is 1. The average Bonchev–Trinajstić information content (AvgIpc) is 2.77. The zero-order chi connectivity index (χ0) is 15.0. The molecule has 1 aliphatic heterocycles. The van der Waals surface area contributed by atoms with E-state index in [1.165, 1.54) is 28.0 Å². The second-order valence-electron chi connectivity index (χ2n) is 5.99. The van der Waals surface area contributed by atoms with Crippen LogP contribution in [-0.2, 0) is 0 Å². The van der Waals surface area contributed by atoms with Gasteiger partial charge in [0.15, 0.2) is 7.05 Å². The number of nitrogens with zero attached hydrogens (tertiary/aromatic N) is 2. The smallest absolute Gasteiger partial charge is 0.215 e. The van der Waals surface area contributed by atoms with Gasteiger partial charge in [0.25, 0.3) is 0 Å². The van der Waals surface area contributed by atoms with Crippen molar-refractivity contribution in [2.24, 2.45) is 0 Å². The molecule has 0 bridgehead atoms. The molecule has 0 spiro atoms. The normalized spacial score (nSPS) is 17.6. The van der Waals surface area contributed by atoms with E-state index in [0.717, 1.165) is 6.42 Å². The van der Waals surface area contributed by atoms with Crippen LogP contribution in [0.3, 0.4) is 0 Å². The first kappa shape index (κ1) is 17.0. The van der Waals surface area contributed by atoms with E-state index in [1.54, 1.807) is 0 Å². The highest BCUT2D eigenvalue weighted by atomic mass is 127. The third kappa shape index (κ3) is 3.05. The molecular formula is C19H23IN2. The van der Waals surface area contributed by atoms with Crippen molar-refractivity contribution in [3.05, 3.63) is 70.8 Å². The molecule has 1 heterocycles. The molecule has 0 amide bonds. The Kier molecular flexibility index (Phi) is 5.27. The quantitative estimate of drug-likeness (QED) is 0.527. The van der Waals surface area contributed by atoms with Crippen LogP contribution >= 0.6 is 0 Å². The SMILES string of the molecule is Cc1ccc(C2CC(c3ccccc3C)=[N+](C)N2C)cc1.[I-]. The summed E-state index contributed by atoms with van der Waals surface area (Å²) in [6.07, 6.45) is 1.06. The van der Waals surface area contributed by atoms with E-state index in [2.05, 4.69) is 86.2 Å². The summed E-state index contributed by atoms with van der Waals surface area (Å²) in [6.45, 7) is 4.33. The number of aryl methyl sites for hydroxylation is 2. The lowest BCUT2D eigenvalue weighted by molar-refractivity contribution is -0.660. The Hall–Kier alpha value is -1.36. The largest absolute Gasteiger partial charge is 1.00 e. The van der Waals surface area contributed by atoms with Gasteiger partial charge in [0.2, 0.25) is 5.71 Å². The van der Waals surface area contributed by atoms with E-state index in [4.69, 9.17) is 0 Å². The number of rotatable bonds is 2. The van der Waals surface area contributed by atoms with Gasteiger partial charge in [-0.25, -0.2) is 0 Å². The molecule has 0 N–H and O–H groups in total. The van der Waals surface area contributed by atoms with E-state index < -0.39 is 0 Å². The molecule has 0 radical (unpaired) electrons. The average molecular weight is 406 g/mol. The highest BCUT2D eigenvalue weighted by Crippen LogP contribution is 2.31. The Morgan fingerprint density at radius 2 is 1.64 bits per heavy atom. The third-order valence-electron chi connectivity index (χ3n) is 4.62. The summed E-state index contributed by atoms with van der Waals surface area (Å²) < 4.78 is 2.30.